The van der Waals surface area contributed by atoms with Crippen LogP contribution in [0, 0.1) is 0 Å². The second-order valence-corrected chi connectivity index (χ2v) is 3.86. The van der Waals surface area contributed by atoms with Crippen molar-refractivity contribution in [3.63, 3.8) is 0 Å². The molecule has 0 atom stereocenters. The largest absolute Gasteiger partial charge is 0.396 e. The van der Waals surface area contributed by atoms with Crippen LogP contribution in [0.3, 0.4) is 0 Å². The Morgan fingerprint density at radius 1 is 1.25 bits per heavy atom. The molecule has 0 aliphatic carbocycles. The summed E-state index contributed by atoms with van der Waals surface area (Å²) in [5, 5.41) is 11.8. The first kappa shape index (κ1) is 12.9. The van der Waals surface area contributed by atoms with E-state index < -0.39 is 0 Å². The van der Waals surface area contributed by atoms with Crippen LogP contribution in [0.25, 0.3) is 6.08 Å². The minimum Gasteiger partial charge on any atom is -0.396 e. The molecule has 0 spiro atoms. The summed E-state index contributed by atoms with van der Waals surface area (Å²) in [6.07, 6.45) is 7.19. The molecule has 0 amide bonds. The third kappa shape index (κ3) is 5.10. The van der Waals surface area contributed by atoms with Crippen LogP contribution in [0.2, 0.25) is 0 Å². The molecular formula is C14H21NO. The van der Waals surface area contributed by atoms with Gasteiger partial charge in [-0.3, -0.25) is 0 Å². The maximum Gasteiger partial charge on any atom is 0.0434 e. The second-order valence-electron chi connectivity index (χ2n) is 3.86. The number of hydrogen-bond acceptors (Lipinski definition) is 2. The third-order valence-electron chi connectivity index (χ3n) is 2.47. The van der Waals surface area contributed by atoms with Crippen molar-refractivity contribution in [1.29, 1.82) is 0 Å². The van der Waals surface area contributed by atoms with E-state index in [0.29, 0.717) is 0 Å². The number of aryl methyl sites for hydroxylation is 1. The number of hydrogen-bond donors (Lipinski definition) is 2. The van der Waals surface area contributed by atoms with Gasteiger partial charge in [0.05, 0.1) is 0 Å². The van der Waals surface area contributed by atoms with Crippen LogP contribution in [0.5, 0.6) is 0 Å². The first-order valence-electron chi connectivity index (χ1n) is 5.87. The average molecular weight is 219 g/mol. The summed E-state index contributed by atoms with van der Waals surface area (Å²) in [5.41, 5.74) is 2.53. The van der Waals surface area contributed by atoms with Crippen molar-refractivity contribution >= 4 is 6.08 Å². The molecule has 0 aromatic heterocycles. The smallest absolute Gasteiger partial charge is 0.0434 e. The zero-order valence-corrected chi connectivity index (χ0v) is 9.95. The van der Waals surface area contributed by atoms with Crippen LogP contribution in [0.1, 0.15) is 24.0 Å². The van der Waals surface area contributed by atoms with Gasteiger partial charge in [-0.15, -0.1) is 0 Å². The normalized spacial score (nSPS) is 11.1. The van der Waals surface area contributed by atoms with Crippen LogP contribution in [0.15, 0.2) is 30.3 Å². The third-order valence-corrected chi connectivity index (χ3v) is 2.47. The first-order chi connectivity index (χ1) is 7.86. The fraction of sp³-hybridized carbons (Fsp3) is 0.429. The minimum atomic E-state index is 0.270. The molecule has 0 aliphatic rings. The van der Waals surface area contributed by atoms with Crippen LogP contribution in [-0.2, 0) is 6.42 Å². The maximum absolute atomic E-state index is 8.73. The Morgan fingerprint density at radius 3 is 2.62 bits per heavy atom. The summed E-state index contributed by atoms with van der Waals surface area (Å²) in [6.45, 7) is 1.29. The summed E-state index contributed by atoms with van der Waals surface area (Å²) in [4.78, 5) is 0. The van der Waals surface area contributed by atoms with Gasteiger partial charge in [-0.25, -0.2) is 0 Å². The molecule has 0 aliphatic heterocycles. The van der Waals surface area contributed by atoms with E-state index in [1.165, 1.54) is 11.1 Å². The van der Waals surface area contributed by atoms with Gasteiger partial charge < -0.3 is 10.4 Å². The maximum atomic E-state index is 8.73. The molecule has 1 rings (SSSR count). The average Bonchev–Trinajstić information content (AvgIpc) is 2.33. The van der Waals surface area contributed by atoms with E-state index in [0.717, 1.165) is 25.8 Å². The van der Waals surface area contributed by atoms with Crippen molar-refractivity contribution in [3.05, 3.63) is 41.5 Å². The van der Waals surface area contributed by atoms with Crippen molar-refractivity contribution in [2.45, 2.75) is 19.3 Å². The molecule has 0 fully saturated rings. The quantitative estimate of drug-likeness (QED) is 0.689. The lowest BCUT2D eigenvalue weighted by Crippen LogP contribution is -2.05. The highest BCUT2D eigenvalue weighted by Crippen LogP contribution is 2.08. The van der Waals surface area contributed by atoms with Crippen LogP contribution < -0.4 is 5.32 Å². The Kier molecular flexibility index (Phi) is 6.54. The molecule has 1 aromatic carbocycles. The summed E-state index contributed by atoms with van der Waals surface area (Å²) in [5.74, 6) is 0. The Morgan fingerprint density at radius 2 is 2.00 bits per heavy atom. The number of aliphatic hydroxyl groups excluding tert-OH is 1. The fourth-order valence-corrected chi connectivity index (χ4v) is 1.53. The molecule has 0 saturated heterocycles. The highest BCUT2D eigenvalue weighted by molar-refractivity contribution is 5.49. The molecule has 2 N–H and O–H groups in total. The topological polar surface area (TPSA) is 32.3 Å². The standard InChI is InChI=1S/C14H21NO/c1-15-11-3-2-5-13-7-9-14(10-8-13)6-4-12-16/h2,5,7-10,15-16H,3-4,6,11-12H2,1H3. The molecule has 16 heavy (non-hydrogen) atoms. The van der Waals surface area contributed by atoms with Crippen molar-refractivity contribution in [3.8, 4) is 0 Å². The second kappa shape index (κ2) is 8.08. The highest BCUT2D eigenvalue weighted by atomic mass is 16.2. The SMILES string of the molecule is CNCCC=Cc1ccc(CCCO)cc1. The van der Waals surface area contributed by atoms with Crippen molar-refractivity contribution in [2.75, 3.05) is 20.2 Å². The Balaban J connectivity index is 2.41. The minimum absolute atomic E-state index is 0.270. The zero-order valence-electron chi connectivity index (χ0n) is 9.95. The Hall–Kier alpha value is -1.12. The molecule has 88 valence electrons. The van der Waals surface area contributed by atoms with Gasteiger partial charge in [0.2, 0.25) is 0 Å². The van der Waals surface area contributed by atoms with Crippen LogP contribution >= 0.6 is 0 Å². The number of aliphatic hydroxyl groups is 1. The van der Waals surface area contributed by atoms with Crippen molar-refractivity contribution in [2.24, 2.45) is 0 Å². The molecule has 1 aromatic rings. The number of rotatable bonds is 7. The van der Waals surface area contributed by atoms with E-state index >= 15 is 0 Å². The molecular weight excluding hydrogens is 198 g/mol. The van der Waals surface area contributed by atoms with Gasteiger partial charge in [0.15, 0.2) is 0 Å². The van der Waals surface area contributed by atoms with Gasteiger partial charge in [0.1, 0.15) is 0 Å². The van der Waals surface area contributed by atoms with Crippen LogP contribution in [0.4, 0.5) is 0 Å². The first-order valence-corrected chi connectivity index (χ1v) is 5.87. The molecule has 0 bridgehead atoms. The van der Waals surface area contributed by atoms with E-state index in [9.17, 15) is 0 Å². The Bertz CT molecular complexity index is 303. The lowest BCUT2D eigenvalue weighted by atomic mass is 10.1. The predicted octanol–water partition coefficient (Wildman–Crippen LogP) is 2.23. The van der Waals surface area contributed by atoms with Gasteiger partial charge >= 0.3 is 0 Å². The zero-order chi connectivity index (χ0) is 11.6. The number of benzene rings is 1. The monoisotopic (exact) mass is 219 g/mol. The summed E-state index contributed by atoms with van der Waals surface area (Å²) < 4.78 is 0. The fourth-order valence-electron chi connectivity index (χ4n) is 1.53. The molecule has 0 saturated carbocycles. The summed E-state index contributed by atoms with van der Waals surface area (Å²) >= 11 is 0. The molecule has 2 heteroatoms. The van der Waals surface area contributed by atoms with Gasteiger partial charge in [0.25, 0.3) is 0 Å². The summed E-state index contributed by atoms with van der Waals surface area (Å²) in [6, 6.07) is 8.52. The predicted molar refractivity (Wildman–Crippen MR) is 69.4 cm³/mol. The molecule has 0 heterocycles. The van der Waals surface area contributed by atoms with E-state index in [2.05, 4.69) is 41.7 Å². The van der Waals surface area contributed by atoms with Gasteiger partial charge in [-0.1, -0.05) is 36.4 Å². The lowest BCUT2D eigenvalue weighted by molar-refractivity contribution is 0.288. The lowest BCUT2D eigenvalue weighted by Gasteiger charge is -2.00. The van der Waals surface area contributed by atoms with Gasteiger partial charge in [0, 0.05) is 6.61 Å². The Labute approximate surface area is 98.0 Å². The molecule has 0 radical (unpaired) electrons. The van der Waals surface area contributed by atoms with E-state index in [1.807, 2.05) is 7.05 Å². The number of nitrogens with one attached hydrogen (secondary N) is 1. The summed E-state index contributed by atoms with van der Waals surface area (Å²) in [7, 11) is 1.96. The van der Waals surface area contributed by atoms with E-state index in [-0.39, 0.29) is 6.61 Å². The highest BCUT2D eigenvalue weighted by Gasteiger charge is 1.92. The van der Waals surface area contributed by atoms with Crippen LogP contribution in [-0.4, -0.2) is 25.3 Å². The van der Waals surface area contributed by atoms with Gasteiger partial charge in [-0.2, -0.15) is 0 Å². The van der Waals surface area contributed by atoms with Crippen molar-refractivity contribution < 1.29 is 5.11 Å². The van der Waals surface area contributed by atoms with E-state index in [4.69, 9.17) is 5.11 Å². The molecule has 0 unspecified atom stereocenters. The molecule has 2 nitrogen and oxygen atoms in total. The van der Waals surface area contributed by atoms with Crippen molar-refractivity contribution in [1.82, 2.24) is 5.32 Å². The van der Waals surface area contributed by atoms with E-state index in [1.54, 1.807) is 0 Å². The van der Waals surface area contributed by atoms with Gasteiger partial charge in [-0.05, 0) is 44.0 Å².